The van der Waals surface area contributed by atoms with Crippen molar-refractivity contribution < 1.29 is 14.6 Å². The number of benzene rings is 8. The molecule has 17 N–H and O–H groups in total. The van der Waals surface area contributed by atoms with Gasteiger partial charge in [0, 0.05) is 202 Å². The fourth-order valence-corrected chi connectivity index (χ4v) is 14.1. The number of hydrogen-bond acceptors (Lipinski definition) is 19. The predicted molar refractivity (Wildman–Crippen MR) is 429 cm³/mol. The zero-order valence-electron chi connectivity index (χ0n) is 61.1. The zero-order valence-corrected chi connectivity index (χ0v) is 61.1. The molecule has 19 heteroatoms. The Balaban J connectivity index is 0.000000156. The van der Waals surface area contributed by atoms with Crippen molar-refractivity contribution >= 4 is 91.0 Å². The molecule has 4 heterocycles. The van der Waals surface area contributed by atoms with E-state index in [-0.39, 0.29) is 6.61 Å². The quantitative estimate of drug-likeness (QED) is 0.0361. The van der Waals surface area contributed by atoms with E-state index in [0.717, 1.165) is 186 Å². The molecule has 8 aromatic rings. The van der Waals surface area contributed by atoms with Gasteiger partial charge in [-0.1, -0.05) is 26.7 Å². The lowest BCUT2D eigenvalue weighted by Gasteiger charge is -2.39. The van der Waals surface area contributed by atoms with Gasteiger partial charge in [-0.3, -0.25) is 0 Å². The number of aliphatic hydroxyl groups is 1. The van der Waals surface area contributed by atoms with Gasteiger partial charge in [-0.25, -0.2) is 0 Å². The van der Waals surface area contributed by atoms with Crippen molar-refractivity contribution in [2.45, 2.75) is 101 Å². The Morgan fingerprint density at radius 1 is 0.320 bits per heavy atom. The van der Waals surface area contributed by atoms with Gasteiger partial charge in [-0.05, 0) is 227 Å². The Kier molecular flexibility index (Phi) is 26.2. The molecule has 0 saturated carbocycles. The molecule has 19 nitrogen and oxygen atoms in total. The molecule has 0 spiro atoms. The second-order valence-electron chi connectivity index (χ2n) is 26.9. The monoisotopic (exact) mass is 1360 g/mol. The Labute approximate surface area is 596 Å². The summed E-state index contributed by atoms with van der Waals surface area (Å²) in [5.41, 5.74) is 73.7. The summed E-state index contributed by atoms with van der Waals surface area (Å²) in [6.07, 6.45) is 7.05. The molecule has 0 aliphatic carbocycles. The predicted octanol–water partition coefficient (Wildman–Crippen LogP) is 12.8. The normalized spacial score (nSPS) is 14.7. The number of hydrogen-bond donors (Lipinski definition) is 9. The molecule has 12 rings (SSSR count). The first kappa shape index (κ1) is 74.3. The highest BCUT2D eigenvalue weighted by molar-refractivity contribution is 5.71. The van der Waals surface area contributed by atoms with Gasteiger partial charge in [0.15, 0.2) is 0 Å². The van der Waals surface area contributed by atoms with Crippen molar-refractivity contribution in [2.24, 2.45) is 0 Å². The molecule has 0 bridgehead atoms. The van der Waals surface area contributed by atoms with Crippen LogP contribution in [-0.4, -0.2) is 124 Å². The Morgan fingerprint density at radius 2 is 0.600 bits per heavy atom. The first-order valence-corrected chi connectivity index (χ1v) is 36.0. The van der Waals surface area contributed by atoms with Gasteiger partial charge in [0.05, 0.1) is 31.7 Å². The first-order chi connectivity index (χ1) is 48.2. The minimum absolute atomic E-state index is 0.00757. The van der Waals surface area contributed by atoms with Crippen molar-refractivity contribution in [1.82, 2.24) is 0 Å². The number of ether oxygens (including phenoxy) is 2. The lowest BCUT2D eigenvalue weighted by molar-refractivity contribution is 0.282. The van der Waals surface area contributed by atoms with Crippen LogP contribution >= 0.6 is 0 Å². The van der Waals surface area contributed by atoms with E-state index in [1.165, 1.54) is 93.1 Å². The maximum atomic E-state index is 9.58. The highest BCUT2D eigenvalue weighted by Gasteiger charge is 2.26. The summed E-state index contributed by atoms with van der Waals surface area (Å²) >= 11 is 0. The van der Waals surface area contributed by atoms with Crippen LogP contribution in [0.15, 0.2) is 133 Å². The smallest absolute Gasteiger partial charge is 0.144 e. The molecule has 0 radical (unpaired) electrons. The summed E-state index contributed by atoms with van der Waals surface area (Å²) in [5, 5.41) is 9.58. The van der Waals surface area contributed by atoms with Crippen molar-refractivity contribution in [3.05, 3.63) is 178 Å². The topological polar surface area (TPSA) is 273 Å². The molecule has 0 aromatic heterocycles. The molecule has 0 atom stereocenters. The highest BCUT2D eigenvalue weighted by atomic mass is 16.5. The summed E-state index contributed by atoms with van der Waals surface area (Å²) in [4.78, 5) is 19.4. The van der Waals surface area contributed by atoms with Crippen molar-refractivity contribution in [3.63, 3.8) is 0 Å². The lowest BCUT2D eigenvalue weighted by Crippen LogP contribution is -2.47. The van der Waals surface area contributed by atoms with E-state index in [0.29, 0.717) is 18.0 Å². The Hall–Kier alpha value is -9.88. The lowest BCUT2D eigenvalue weighted by atomic mass is 10.0. The average molecular weight is 1360 g/mol. The SMILES string of the molecule is CCCCc1cc(N)ccc1N1CCN(c2ccc(N)cc2CCCC)CC1.CCOc1cc(N)ccc1N1CCN(c2ccc(N)cc2C)CC1.COc1cc(N)ccc1N1CCN(c2ccc(N)cc2CO)CC1.Cc1c(N)ccc(N2CCN(c3ccc(N)c(C)c3C)CC2)c1C. The van der Waals surface area contributed by atoms with E-state index in [4.69, 9.17) is 55.3 Å². The van der Waals surface area contributed by atoms with E-state index >= 15 is 0 Å². The number of unbranched alkanes of at least 4 members (excludes halogenated alkanes) is 2. The molecule has 4 aliphatic heterocycles. The molecule has 100 heavy (non-hydrogen) atoms. The Morgan fingerprint density at radius 3 is 0.950 bits per heavy atom. The third-order valence-electron chi connectivity index (χ3n) is 20.2. The number of rotatable bonds is 18. The number of aryl methyl sites for hydroxylation is 3. The van der Waals surface area contributed by atoms with Crippen LogP contribution in [-0.2, 0) is 19.4 Å². The van der Waals surface area contributed by atoms with Crippen LogP contribution in [0.4, 0.5) is 91.0 Å². The van der Waals surface area contributed by atoms with Crippen molar-refractivity contribution in [2.75, 3.05) is 204 Å². The molecule has 0 amide bonds. The highest BCUT2D eigenvalue weighted by Crippen LogP contribution is 2.37. The van der Waals surface area contributed by atoms with E-state index in [1.54, 1.807) is 7.11 Å². The molecule has 4 saturated heterocycles. The Bertz CT molecular complexity index is 3770. The number of nitrogens with zero attached hydrogens (tertiary/aromatic N) is 8. The van der Waals surface area contributed by atoms with Gasteiger partial charge in [0.25, 0.3) is 0 Å². The minimum atomic E-state index is -0.00757. The van der Waals surface area contributed by atoms with Crippen LogP contribution in [0.2, 0.25) is 0 Å². The summed E-state index contributed by atoms with van der Waals surface area (Å²) in [5.74, 6) is 1.67. The van der Waals surface area contributed by atoms with Crippen LogP contribution < -0.4 is 94.5 Å². The van der Waals surface area contributed by atoms with Crippen LogP contribution in [0.25, 0.3) is 0 Å². The maximum Gasteiger partial charge on any atom is 0.144 e. The summed E-state index contributed by atoms with van der Waals surface area (Å²) in [6, 6.07) is 44.7. The molecular weight excluding hydrogens is 1240 g/mol. The van der Waals surface area contributed by atoms with Crippen LogP contribution in [0.1, 0.15) is 91.0 Å². The fourth-order valence-electron chi connectivity index (χ4n) is 14.1. The molecule has 4 aliphatic rings. The van der Waals surface area contributed by atoms with Gasteiger partial charge in [0.2, 0.25) is 0 Å². The maximum absolute atomic E-state index is 9.58. The molecule has 8 aromatic carbocycles. The number of piperazine rings is 4. The summed E-state index contributed by atoms with van der Waals surface area (Å²) < 4.78 is 11.2. The van der Waals surface area contributed by atoms with Crippen molar-refractivity contribution in [1.29, 1.82) is 0 Å². The van der Waals surface area contributed by atoms with E-state index in [2.05, 4.69) is 136 Å². The summed E-state index contributed by atoms with van der Waals surface area (Å²) in [6.45, 7) is 33.3. The van der Waals surface area contributed by atoms with Gasteiger partial charge in [0.1, 0.15) is 11.5 Å². The largest absolute Gasteiger partial charge is 0.495 e. The third kappa shape index (κ3) is 18.7. The first-order valence-electron chi connectivity index (χ1n) is 36.0. The standard InChI is InChI=1S/C24H36N4.C20H28N4.C19H26N4O.C18H24N4O2/c1-3-5-7-19-17-21(25)9-11-23(19)27-13-15-28(16-14-27)24-12-10-22(26)18-20(24)8-6-4-2;1-13-15(3)19(7-5-17(13)21)23-9-11-24(12-10-23)20-8-6-18(22)14(2)16(20)4;1-3-24-19-13-16(21)5-7-18(19)23-10-8-22(9-11-23)17-6-4-15(20)12-14(17)2;1-24-18-11-15(20)3-5-17(18)22-8-6-21(7-9-22)16-4-2-14(19)10-13(16)12-23/h9-12,17-18H,3-8,13-16,25-26H2,1-2H3;5-8H,9-12,21-22H2,1-4H3;4-7,12-13H,3,8-11,20-21H2,1-2H3;2-5,10-11,23H,6-9,12,19-20H2,1H3. The zero-order chi connectivity index (χ0) is 71.6. The molecule has 0 unspecified atom stereocenters. The van der Waals surface area contributed by atoms with E-state index in [1.807, 2.05) is 91.9 Å². The number of nitrogen functional groups attached to an aromatic ring is 8. The molecule has 536 valence electrons. The van der Waals surface area contributed by atoms with Gasteiger partial charge < -0.3 is 99.6 Å². The van der Waals surface area contributed by atoms with Gasteiger partial charge in [-0.2, -0.15) is 0 Å². The fraction of sp³-hybridized carbons (Fsp3) is 0.407. The number of methoxy groups -OCH3 is 1. The summed E-state index contributed by atoms with van der Waals surface area (Å²) in [7, 11) is 1.66. The van der Waals surface area contributed by atoms with Gasteiger partial charge in [-0.15, -0.1) is 0 Å². The molecule has 4 fully saturated rings. The number of nitrogens with two attached hydrogens (primary N) is 8. The number of anilines is 16. The second kappa shape index (κ2) is 35.2. The van der Waals surface area contributed by atoms with Crippen LogP contribution in [0, 0.1) is 34.6 Å². The minimum Gasteiger partial charge on any atom is -0.495 e. The van der Waals surface area contributed by atoms with Gasteiger partial charge >= 0.3 is 0 Å². The number of aliphatic hydroxyl groups excluding tert-OH is 1. The second-order valence-corrected chi connectivity index (χ2v) is 26.9. The van der Waals surface area contributed by atoms with Crippen LogP contribution in [0.3, 0.4) is 0 Å². The van der Waals surface area contributed by atoms with E-state index < -0.39 is 0 Å². The molecular formula is C81H114N16O3. The van der Waals surface area contributed by atoms with Crippen molar-refractivity contribution in [3.8, 4) is 11.5 Å². The van der Waals surface area contributed by atoms with E-state index in [9.17, 15) is 5.11 Å². The average Bonchev–Trinajstić information content (AvgIpc) is 0.827. The third-order valence-corrected chi connectivity index (χ3v) is 20.2. The van der Waals surface area contributed by atoms with Crippen LogP contribution in [0.5, 0.6) is 11.5 Å².